The summed E-state index contributed by atoms with van der Waals surface area (Å²) in [4.78, 5) is 4.80. The van der Waals surface area contributed by atoms with E-state index in [-0.39, 0.29) is 12.4 Å². The van der Waals surface area contributed by atoms with Crippen LogP contribution in [0.15, 0.2) is 71.7 Å². The molecule has 0 saturated carbocycles. The lowest BCUT2D eigenvalue weighted by atomic mass is 10.1. The van der Waals surface area contributed by atoms with Crippen molar-refractivity contribution in [3.05, 3.63) is 72.3 Å². The molecule has 0 fully saturated rings. The second kappa shape index (κ2) is 11.0. The van der Waals surface area contributed by atoms with Crippen LogP contribution in [0.25, 0.3) is 0 Å². The van der Waals surface area contributed by atoms with Crippen LogP contribution in [0, 0.1) is 0 Å². The highest BCUT2D eigenvalue weighted by Gasteiger charge is 2.11. The molecular weight excluding hydrogens is 404 g/mol. The molecule has 3 rings (SSSR count). The average molecular weight is 429 g/mol. The summed E-state index contributed by atoms with van der Waals surface area (Å²) in [7, 11) is 6.50. The van der Waals surface area contributed by atoms with Crippen LogP contribution in [0.4, 0.5) is 11.4 Å². The van der Waals surface area contributed by atoms with Crippen LogP contribution in [0.1, 0.15) is 5.56 Å². The number of amidine groups is 1. The molecule has 1 N–H and O–H groups in total. The van der Waals surface area contributed by atoms with Gasteiger partial charge in [-0.3, -0.25) is 0 Å². The van der Waals surface area contributed by atoms with Gasteiger partial charge in [-0.2, -0.15) is 0 Å². The Balaban J connectivity index is 0.00000320. The van der Waals surface area contributed by atoms with Crippen LogP contribution in [-0.2, 0) is 0 Å². The Labute approximate surface area is 182 Å². The van der Waals surface area contributed by atoms with E-state index >= 15 is 0 Å². The highest BCUT2D eigenvalue weighted by Crippen LogP contribution is 2.29. The zero-order valence-electron chi connectivity index (χ0n) is 17.3. The Morgan fingerprint density at radius 3 is 1.77 bits per heavy atom. The number of benzene rings is 3. The second-order valence-corrected chi connectivity index (χ2v) is 6.08. The van der Waals surface area contributed by atoms with E-state index in [9.17, 15) is 0 Å². The first-order valence-electron chi connectivity index (χ1n) is 9.03. The van der Waals surface area contributed by atoms with Crippen molar-refractivity contribution in [2.45, 2.75) is 0 Å². The molecule has 0 unspecified atom stereocenters. The molecule has 0 heterocycles. The lowest BCUT2D eigenvalue weighted by Gasteiger charge is -2.14. The molecule has 0 radical (unpaired) electrons. The molecule has 3 aromatic rings. The summed E-state index contributed by atoms with van der Waals surface area (Å²) in [5.74, 6) is 3.52. The van der Waals surface area contributed by atoms with Gasteiger partial charge in [0, 0.05) is 11.3 Å². The minimum Gasteiger partial charge on any atom is -0.497 e. The van der Waals surface area contributed by atoms with Gasteiger partial charge in [-0.1, -0.05) is 0 Å². The topological polar surface area (TPSA) is 61.3 Å². The molecule has 0 atom stereocenters. The number of rotatable bonds is 7. The molecule has 7 heteroatoms. The highest BCUT2D eigenvalue weighted by atomic mass is 35.5. The van der Waals surface area contributed by atoms with Gasteiger partial charge in [-0.15, -0.1) is 12.4 Å². The van der Waals surface area contributed by atoms with Gasteiger partial charge in [-0.05, 0) is 66.7 Å². The minimum atomic E-state index is 0. The third kappa shape index (κ3) is 5.58. The molecule has 30 heavy (non-hydrogen) atoms. The number of hydrogen-bond acceptors (Lipinski definition) is 5. The molecule has 0 aliphatic rings. The first-order chi connectivity index (χ1) is 14.2. The molecule has 0 aromatic heterocycles. The number of anilines is 1. The van der Waals surface area contributed by atoms with Gasteiger partial charge in [0.1, 0.15) is 17.3 Å². The lowest BCUT2D eigenvalue weighted by molar-refractivity contribution is 0.355. The number of halogens is 1. The Hall–Kier alpha value is -3.38. The van der Waals surface area contributed by atoms with Crippen LogP contribution in [0.5, 0.6) is 23.0 Å². The van der Waals surface area contributed by atoms with Gasteiger partial charge >= 0.3 is 0 Å². The smallest absolute Gasteiger partial charge is 0.161 e. The lowest BCUT2D eigenvalue weighted by Crippen LogP contribution is -2.13. The Morgan fingerprint density at radius 1 is 0.667 bits per heavy atom. The van der Waals surface area contributed by atoms with Crippen molar-refractivity contribution in [3.8, 4) is 23.0 Å². The van der Waals surface area contributed by atoms with Crippen molar-refractivity contribution in [1.29, 1.82) is 0 Å². The molecule has 0 aliphatic carbocycles. The fourth-order valence-electron chi connectivity index (χ4n) is 2.75. The van der Waals surface area contributed by atoms with E-state index in [0.29, 0.717) is 17.3 Å². The van der Waals surface area contributed by atoms with Crippen molar-refractivity contribution in [3.63, 3.8) is 0 Å². The normalized spacial score (nSPS) is 10.6. The van der Waals surface area contributed by atoms with Gasteiger partial charge in [-0.25, -0.2) is 4.99 Å². The predicted octanol–water partition coefficient (Wildman–Crippen LogP) is 5.33. The van der Waals surface area contributed by atoms with Gasteiger partial charge in [0.15, 0.2) is 11.5 Å². The van der Waals surface area contributed by atoms with Crippen molar-refractivity contribution < 1.29 is 18.9 Å². The van der Waals surface area contributed by atoms with E-state index in [1.54, 1.807) is 28.4 Å². The number of methoxy groups -OCH3 is 4. The zero-order valence-corrected chi connectivity index (χ0v) is 18.2. The van der Waals surface area contributed by atoms with Crippen molar-refractivity contribution in [2.24, 2.45) is 4.99 Å². The fraction of sp³-hybridized carbons (Fsp3) is 0.174. The number of ether oxygens (including phenoxy) is 4. The number of nitrogens with zero attached hydrogens (tertiary/aromatic N) is 1. The van der Waals surface area contributed by atoms with E-state index in [1.807, 2.05) is 66.7 Å². The quantitative estimate of drug-likeness (QED) is 0.407. The number of hydrogen-bond donors (Lipinski definition) is 1. The summed E-state index contributed by atoms with van der Waals surface area (Å²) in [5.41, 5.74) is 2.53. The largest absolute Gasteiger partial charge is 0.497 e. The van der Waals surface area contributed by atoms with Gasteiger partial charge in [0.05, 0.1) is 34.1 Å². The third-order valence-electron chi connectivity index (χ3n) is 4.32. The molecular formula is C23H25ClN2O4. The van der Waals surface area contributed by atoms with Crippen molar-refractivity contribution in [1.82, 2.24) is 0 Å². The molecule has 0 bridgehead atoms. The summed E-state index contributed by atoms with van der Waals surface area (Å²) in [6.45, 7) is 0. The number of nitrogens with one attached hydrogen (secondary N) is 1. The maximum Gasteiger partial charge on any atom is 0.161 e. The molecule has 0 aliphatic heterocycles. The molecule has 3 aromatic carbocycles. The van der Waals surface area contributed by atoms with E-state index in [4.69, 9.17) is 23.9 Å². The minimum absolute atomic E-state index is 0. The summed E-state index contributed by atoms with van der Waals surface area (Å²) < 4.78 is 21.3. The summed E-state index contributed by atoms with van der Waals surface area (Å²) in [5, 5.41) is 3.38. The van der Waals surface area contributed by atoms with E-state index in [1.165, 1.54) is 0 Å². The molecule has 0 amide bonds. The van der Waals surface area contributed by atoms with Crippen molar-refractivity contribution in [2.75, 3.05) is 33.8 Å². The van der Waals surface area contributed by atoms with Gasteiger partial charge in [0.2, 0.25) is 0 Å². The summed E-state index contributed by atoms with van der Waals surface area (Å²) in [6, 6.07) is 20.9. The molecule has 0 spiro atoms. The first kappa shape index (κ1) is 22.9. The van der Waals surface area contributed by atoms with E-state index in [2.05, 4.69) is 5.32 Å². The maximum atomic E-state index is 5.45. The average Bonchev–Trinajstić information content (AvgIpc) is 2.79. The van der Waals surface area contributed by atoms with Gasteiger partial charge in [0.25, 0.3) is 0 Å². The van der Waals surface area contributed by atoms with Crippen molar-refractivity contribution >= 4 is 29.6 Å². The van der Waals surface area contributed by atoms with Crippen LogP contribution >= 0.6 is 12.4 Å². The van der Waals surface area contributed by atoms with E-state index < -0.39 is 0 Å². The highest BCUT2D eigenvalue weighted by molar-refractivity contribution is 6.09. The third-order valence-corrected chi connectivity index (χ3v) is 4.32. The second-order valence-electron chi connectivity index (χ2n) is 6.08. The summed E-state index contributed by atoms with van der Waals surface area (Å²) in [6.07, 6.45) is 0. The number of aliphatic imine (C=N–C) groups is 1. The van der Waals surface area contributed by atoms with E-state index in [0.717, 1.165) is 28.4 Å². The standard InChI is InChI=1S/C23H24N2O4.ClH/c1-26-19-10-6-17(7-11-19)24-23(25-18-8-12-20(27-2)13-9-18)16-5-14-21(28-3)22(15-16)29-4;/h5-15H,1-4H3,(H,24,25);1H. The SMILES string of the molecule is COc1ccc(N=C(Nc2ccc(OC)cc2)c2ccc(OC)c(OC)c2)cc1.Cl. The molecule has 158 valence electrons. The predicted molar refractivity (Wildman–Crippen MR) is 123 cm³/mol. The Kier molecular flexibility index (Phi) is 8.38. The maximum absolute atomic E-state index is 5.45. The van der Waals surface area contributed by atoms with Gasteiger partial charge < -0.3 is 24.3 Å². The zero-order chi connectivity index (χ0) is 20.6. The monoisotopic (exact) mass is 428 g/mol. The van der Waals surface area contributed by atoms with Crippen LogP contribution < -0.4 is 24.3 Å². The first-order valence-corrected chi connectivity index (χ1v) is 9.03. The van der Waals surface area contributed by atoms with Crippen LogP contribution in [0.3, 0.4) is 0 Å². The molecule has 6 nitrogen and oxygen atoms in total. The fourth-order valence-corrected chi connectivity index (χ4v) is 2.75. The Bertz CT molecular complexity index is 973. The Morgan fingerprint density at radius 2 is 1.23 bits per heavy atom. The summed E-state index contributed by atoms with van der Waals surface area (Å²) >= 11 is 0. The molecule has 0 saturated heterocycles. The van der Waals surface area contributed by atoms with Crippen LogP contribution in [-0.4, -0.2) is 34.3 Å². The van der Waals surface area contributed by atoms with Crippen LogP contribution in [0.2, 0.25) is 0 Å².